The molecule has 3 aromatic rings. The van der Waals surface area contributed by atoms with Gasteiger partial charge in [-0.1, -0.05) is 6.07 Å². The number of methoxy groups -OCH3 is 1. The molecule has 190 valence electrons. The summed E-state index contributed by atoms with van der Waals surface area (Å²) in [6, 6.07) is 14.9. The van der Waals surface area contributed by atoms with E-state index in [1.54, 1.807) is 18.3 Å². The molecule has 2 saturated heterocycles. The second-order valence-electron chi connectivity index (χ2n) is 8.98. The maximum absolute atomic E-state index is 12.0. The molecule has 0 saturated carbocycles. The highest BCUT2D eigenvalue weighted by Gasteiger charge is 2.42. The predicted octanol–water partition coefficient (Wildman–Crippen LogP) is 3.62. The first-order valence-electron chi connectivity index (χ1n) is 11.8. The Morgan fingerprint density at radius 2 is 2.11 bits per heavy atom. The van der Waals surface area contributed by atoms with Crippen LogP contribution in [-0.2, 0) is 21.3 Å². The van der Waals surface area contributed by atoms with Crippen LogP contribution >= 0.6 is 12.2 Å². The third-order valence-electron chi connectivity index (χ3n) is 6.45. The molecule has 2 aliphatic heterocycles. The Morgan fingerprint density at radius 1 is 1.25 bits per heavy atom. The molecule has 4 heterocycles. The molecular weight excluding hydrogens is 498 g/mol. The zero-order valence-electron chi connectivity index (χ0n) is 20.1. The van der Waals surface area contributed by atoms with Gasteiger partial charge in [0.15, 0.2) is 5.11 Å². The van der Waals surface area contributed by atoms with Crippen LogP contribution in [0.4, 0.5) is 11.4 Å². The van der Waals surface area contributed by atoms with E-state index < -0.39 is 10.0 Å². The van der Waals surface area contributed by atoms with E-state index in [0.29, 0.717) is 16.5 Å². The SMILES string of the molecule is COc1ccc(N2C(=S)N[C@H](c3ccccn3)[C@H]2c2cccn2C[C@@H]2CCCO2)cc1NS(C)(=O)=O. The van der Waals surface area contributed by atoms with Crippen molar-refractivity contribution >= 4 is 38.7 Å². The van der Waals surface area contributed by atoms with Gasteiger partial charge < -0.3 is 24.3 Å². The lowest BCUT2D eigenvalue weighted by Gasteiger charge is -2.30. The van der Waals surface area contributed by atoms with Crippen molar-refractivity contribution in [2.24, 2.45) is 0 Å². The van der Waals surface area contributed by atoms with Gasteiger partial charge >= 0.3 is 0 Å². The van der Waals surface area contributed by atoms with E-state index >= 15 is 0 Å². The molecule has 0 spiro atoms. The molecule has 2 N–H and O–H groups in total. The number of hydrogen-bond acceptors (Lipinski definition) is 6. The van der Waals surface area contributed by atoms with Gasteiger partial charge in [-0.05, 0) is 67.5 Å². The van der Waals surface area contributed by atoms with Crippen LogP contribution in [0.3, 0.4) is 0 Å². The van der Waals surface area contributed by atoms with Crippen molar-refractivity contribution in [3.63, 3.8) is 0 Å². The van der Waals surface area contributed by atoms with Crippen molar-refractivity contribution in [2.75, 3.05) is 29.6 Å². The summed E-state index contributed by atoms with van der Waals surface area (Å²) in [6.45, 7) is 1.54. The molecule has 3 atom stereocenters. The first kappa shape index (κ1) is 24.5. The van der Waals surface area contributed by atoms with E-state index in [-0.39, 0.29) is 18.2 Å². The zero-order chi connectivity index (χ0) is 25.3. The molecule has 0 aliphatic carbocycles. The highest BCUT2D eigenvalue weighted by molar-refractivity contribution is 7.92. The minimum Gasteiger partial charge on any atom is -0.495 e. The number of benzene rings is 1. The standard InChI is InChI=1S/C25H29N5O4S2/c1-33-22-11-10-17(15-20(22)28-36(2,31)32)30-24(23(27-25(30)35)19-8-3-4-12-26-19)21-9-5-13-29(21)16-18-7-6-14-34-18/h3-5,8-13,15,18,23-24,28H,6-7,14,16H2,1-2H3,(H,27,35)/t18-,23+,24+/m0/s1. The summed E-state index contributed by atoms with van der Waals surface area (Å²) in [5.74, 6) is 0.418. The number of anilines is 2. The minimum atomic E-state index is -3.52. The number of thiocarbonyl (C=S) groups is 1. The number of aromatic nitrogens is 2. The summed E-state index contributed by atoms with van der Waals surface area (Å²) in [4.78, 5) is 6.63. The molecule has 0 amide bonds. The van der Waals surface area contributed by atoms with E-state index in [2.05, 4.69) is 31.9 Å². The highest BCUT2D eigenvalue weighted by atomic mass is 32.2. The van der Waals surface area contributed by atoms with E-state index in [4.69, 9.17) is 21.7 Å². The van der Waals surface area contributed by atoms with Crippen LogP contribution in [0.15, 0.2) is 60.9 Å². The van der Waals surface area contributed by atoms with Gasteiger partial charge in [0, 0.05) is 36.9 Å². The van der Waals surface area contributed by atoms with Crippen molar-refractivity contribution in [1.29, 1.82) is 0 Å². The van der Waals surface area contributed by atoms with Crippen LogP contribution in [-0.4, -0.2) is 49.2 Å². The van der Waals surface area contributed by atoms with E-state index in [1.165, 1.54) is 7.11 Å². The van der Waals surface area contributed by atoms with Gasteiger partial charge in [-0.15, -0.1) is 0 Å². The molecule has 2 fully saturated rings. The molecule has 0 bridgehead atoms. The van der Waals surface area contributed by atoms with E-state index in [1.807, 2.05) is 35.2 Å². The summed E-state index contributed by atoms with van der Waals surface area (Å²) in [7, 11) is -2.02. The van der Waals surface area contributed by atoms with Gasteiger partial charge in [0.25, 0.3) is 0 Å². The monoisotopic (exact) mass is 527 g/mol. The number of pyridine rings is 1. The van der Waals surface area contributed by atoms with Crippen molar-refractivity contribution in [1.82, 2.24) is 14.9 Å². The van der Waals surface area contributed by atoms with E-state index in [0.717, 1.165) is 49.3 Å². The fourth-order valence-electron chi connectivity index (χ4n) is 4.93. The van der Waals surface area contributed by atoms with Gasteiger partial charge in [0.2, 0.25) is 10.0 Å². The molecule has 2 aromatic heterocycles. The number of nitrogens with one attached hydrogen (secondary N) is 2. The summed E-state index contributed by atoms with van der Waals surface area (Å²) < 4.78 is 40.1. The summed E-state index contributed by atoms with van der Waals surface area (Å²) in [5, 5.41) is 3.98. The van der Waals surface area contributed by atoms with Crippen molar-refractivity contribution in [2.45, 2.75) is 37.6 Å². The first-order valence-corrected chi connectivity index (χ1v) is 14.1. The van der Waals surface area contributed by atoms with Crippen LogP contribution in [0.1, 0.15) is 36.3 Å². The lowest BCUT2D eigenvalue weighted by molar-refractivity contribution is 0.0961. The third-order valence-corrected chi connectivity index (χ3v) is 7.35. The predicted molar refractivity (Wildman–Crippen MR) is 143 cm³/mol. The molecular formula is C25H29N5O4S2. The average Bonchev–Trinajstić information content (AvgIpc) is 3.59. The molecule has 1 aromatic carbocycles. The number of ether oxygens (including phenoxy) is 2. The lowest BCUT2D eigenvalue weighted by Crippen LogP contribution is -2.31. The second-order valence-corrected chi connectivity index (χ2v) is 11.1. The van der Waals surface area contributed by atoms with Gasteiger partial charge in [-0.25, -0.2) is 8.42 Å². The topological polar surface area (TPSA) is 97.7 Å². The Morgan fingerprint density at radius 3 is 2.81 bits per heavy atom. The van der Waals surface area contributed by atoms with Gasteiger partial charge in [0.1, 0.15) is 11.8 Å². The minimum absolute atomic E-state index is 0.172. The summed E-state index contributed by atoms with van der Waals surface area (Å²) in [5.41, 5.74) is 2.99. The molecule has 0 unspecified atom stereocenters. The Kier molecular flexibility index (Phi) is 6.87. The van der Waals surface area contributed by atoms with Crippen LogP contribution in [0.5, 0.6) is 5.75 Å². The largest absolute Gasteiger partial charge is 0.495 e. The zero-order valence-corrected chi connectivity index (χ0v) is 21.8. The quantitative estimate of drug-likeness (QED) is 0.429. The number of nitrogens with zero attached hydrogens (tertiary/aromatic N) is 3. The van der Waals surface area contributed by atoms with Gasteiger partial charge in [-0.3, -0.25) is 9.71 Å². The maximum Gasteiger partial charge on any atom is 0.229 e. The van der Waals surface area contributed by atoms with Gasteiger partial charge in [0.05, 0.1) is 36.9 Å². The Labute approximate surface area is 216 Å². The van der Waals surface area contributed by atoms with Crippen LogP contribution in [0.25, 0.3) is 0 Å². The van der Waals surface area contributed by atoms with Crippen molar-refractivity contribution in [3.05, 3.63) is 72.3 Å². The molecule has 2 aliphatic rings. The number of sulfonamides is 1. The highest BCUT2D eigenvalue weighted by Crippen LogP contribution is 2.43. The Balaban J connectivity index is 1.59. The average molecular weight is 528 g/mol. The number of rotatable bonds is 8. The Hall–Kier alpha value is -3.15. The summed E-state index contributed by atoms with van der Waals surface area (Å²) in [6.07, 6.45) is 7.22. The third kappa shape index (κ3) is 5.04. The smallest absolute Gasteiger partial charge is 0.229 e. The van der Waals surface area contributed by atoms with Crippen molar-refractivity contribution in [3.8, 4) is 5.75 Å². The van der Waals surface area contributed by atoms with E-state index in [9.17, 15) is 8.42 Å². The second kappa shape index (κ2) is 10.1. The van der Waals surface area contributed by atoms with Crippen LogP contribution in [0, 0.1) is 0 Å². The fourth-order valence-corrected chi connectivity index (χ4v) is 5.83. The first-order chi connectivity index (χ1) is 17.3. The maximum atomic E-state index is 12.0. The van der Waals surface area contributed by atoms with Gasteiger partial charge in [-0.2, -0.15) is 0 Å². The van der Waals surface area contributed by atoms with Crippen molar-refractivity contribution < 1.29 is 17.9 Å². The molecule has 0 radical (unpaired) electrons. The fraction of sp³-hybridized carbons (Fsp3) is 0.360. The molecule has 11 heteroatoms. The lowest BCUT2D eigenvalue weighted by atomic mass is 10.0. The van der Waals surface area contributed by atoms with Crippen LogP contribution < -0.4 is 19.7 Å². The Bertz CT molecular complexity index is 1340. The molecule has 5 rings (SSSR count). The number of hydrogen-bond donors (Lipinski definition) is 2. The molecule has 9 nitrogen and oxygen atoms in total. The normalized spacial score (nSPS) is 22.0. The van der Waals surface area contributed by atoms with Crippen LogP contribution in [0.2, 0.25) is 0 Å². The molecule has 36 heavy (non-hydrogen) atoms. The summed E-state index contributed by atoms with van der Waals surface area (Å²) >= 11 is 5.83.